The van der Waals surface area contributed by atoms with Crippen LogP contribution in [0.1, 0.15) is 22.9 Å². The topological polar surface area (TPSA) is 42.4 Å². The van der Waals surface area contributed by atoms with Crippen molar-refractivity contribution >= 4 is 11.3 Å². The maximum atomic E-state index is 10.1. The minimum absolute atomic E-state index is 0.628. The first-order chi connectivity index (χ1) is 7.84. The number of ether oxygens (including phenoxy) is 1. The van der Waals surface area contributed by atoms with Gasteiger partial charge in [-0.2, -0.15) is 0 Å². The molecule has 1 N–H and O–H groups in total. The molecule has 0 aliphatic carbocycles. The van der Waals surface area contributed by atoms with Crippen molar-refractivity contribution in [1.82, 2.24) is 4.98 Å². The zero-order chi connectivity index (χ0) is 11.0. The van der Waals surface area contributed by atoms with Crippen LogP contribution in [0.25, 0.3) is 0 Å². The molecule has 1 aliphatic rings. The van der Waals surface area contributed by atoms with Crippen molar-refractivity contribution in [2.45, 2.75) is 12.5 Å². The van der Waals surface area contributed by atoms with Crippen molar-refractivity contribution in [3.05, 3.63) is 45.9 Å². The summed E-state index contributed by atoms with van der Waals surface area (Å²) in [6.45, 7) is 0.742. The third kappa shape index (κ3) is 1.60. The minimum Gasteiger partial charge on any atom is -0.493 e. The lowest BCUT2D eigenvalue weighted by molar-refractivity contribution is 0.216. The molecule has 1 aliphatic heterocycles. The van der Waals surface area contributed by atoms with Crippen LogP contribution < -0.4 is 4.74 Å². The molecule has 4 heteroatoms. The van der Waals surface area contributed by atoms with E-state index in [1.165, 1.54) is 16.9 Å². The summed E-state index contributed by atoms with van der Waals surface area (Å²) < 4.78 is 5.43. The zero-order valence-corrected chi connectivity index (χ0v) is 9.41. The second kappa shape index (κ2) is 3.88. The number of benzene rings is 1. The molecule has 82 valence electrons. The van der Waals surface area contributed by atoms with Crippen LogP contribution in [0.3, 0.4) is 0 Å². The van der Waals surface area contributed by atoms with Gasteiger partial charge in [-0.05, 0) is 23.3 Å². The summed E-state index contributed by atoms with van der Waals surface area (Å²) in [5, 5.41) is 12.0. The highest BCUT2D eigenvalue weighted by molar-refractivity contribution is 7.07. The quantitative estimate of drug-likeness (QED) is 0.864. The van der Waals surface area contributed by atoms with Gasteiger partial charge in [-0.1, -0.05) is 6.07 Å². The van der Waals surface area contributed by atoms with Crippen LogP contribution in [0.15, 0.2) is 29.1 Å². The molecule has 2 aromatic rings. The number of aliphatic hydroxyl groups is 1. The molecule has 3 nitrogen and oxygen atoms in total. The van der Waals surface area contributed by atoms with Crippen molar-refractivity contribution in [2.24, 2.45) is 0 Å². The second-order valence-corrected chi connectivity index (χ2v) is 4.50. The number of fused-ring (bicyclic) bond motifs is 1. The van der Waals surface area contributed by atoms with Gasteiger partial charge in [-0.3, -0.25) is 0 Å². The van der Waals surface area contributed by atoms with Gasteiger partial charge in [0.1, 0.15) is 11.9 Å². The standard InChI is InChI=1S/C12H11NO2S/c14-12(10-6-16-7-13-10)9-1-2-11-8(5-9)3-4-15-11/h1-2,5-7,12,14H,3-4H2. The molecule has 1 aromatic heterocycles. The van der Waals surface area contributed by atoms with Crippen LogP contribution in [0.4, 0.5) is 0 Å². The van der Waals surface area contributed by atoms with Gasteiger partial charge in [0, 0.05) is 11.8 Å². The number of aromatic nitrogens is 1. The van der Waals surface area contributed by atoms with Gasteiger partial charge < -0.3 is 9.84 Å². The summed E-state index contributed by atoms with van der Waals surface area (Å²) in [4.78, 5) is 4.12. The number of nitrogens with zero attached hydrogens (tertiary/aromatic N) is 1. The number of thiazole rings is 1. The Morgan fingerprint density at radius 2 is 2.38 bits per heavy atom. The van der Waals surface area contributed by atoms with Crippen molar-refractivity contribution in [2.75, 3.05) is 6.61 Å². The lowest BCUT2D eigenvalue weighted by atomic mass is 10.0. The summed E-state index contributed by atoms with van der Waals surface area (Å²) in [5.41, 5.74) is 4.50. The molecular formula is C12H11NO2S. The fourth-order valence-corrected chi connectivity index (χ4v) is 2.48. The number of hydrogen-bond donors (Lipinski definition) is 1. The molecule has 0 fully saturated rings. The maximum absolute atomic E-state index is 10.1. The highest BCUT2D eigenvalue weighted by Crippen LogP contribution is 2.30. The summed E-state index contributed by atoms with van der Waals surface area (Å²) >= 11 is 1.49. The van der Waals surface area contributed by atoms with Crippen LogP contribution in [-0.2, 0) is 6.42 Å². The number of hydrogen-bond acceptors (Lipinski definition) is 4. The molecule has 3 rings (SSSR count). The molecular weight excluding hydrogens is 222 g/mol. The van der Waals surface area contributed by atoms with E-state index in [1.54, 1.807) is 5.51 Å². The van der Waals surface area contributed by atoms with Gasteiger partial charge in [0.2, 0.25) is 0 Å². The first-order valence-electron chi connectivity index (χ1n) is 5.16. The molecule has 0 radical (unpaired) electrons. The summed E-state index contributed by atoms with van der Waals surface area (Å²) in [6, 6.07) is 5.83. The van der Waals surface area contributed by atoms with Gasteiger partial charge in [-0.25, -0.2) is 4.98 Å². The third-order valence-corrected chi connectivity index (χ3v) is 3.37. The lowest BCUT2D eigenvalue weighted by Crippen LogP contribution is -2.00. The van der Waals surface area contributed by atoms with Gasteiger partial charge >= 0.3 is 0 Å². The first kappa shape index (κ1) is 9.81. The summed E-state index contributed by atoms with van der Waals surface area (Å²) in [6.07, 6.45) is 0.296. The van der Waals surface area contributed by atoms with E-state index in [2.05, 4.69) is 4.98 Å². The lowest BCUT2D eigenvalue weighted by Gasteiger charge is -2.09. The SMILES string of the molecule is OC(c1ccc2c(c1)CCO2)c1cscn1. The Morgan fingerprint density at radius 3 is 3.19 bits per heavy atom. The van der Waals surface area contributed by atoms with Crippen LogP contribution in [-0.4, -0.2) is 16.7 Å². The van der Waals surface area contributed by atoms with E-state index in [0.29, 0.717) is 5.69 Å². The van der Waals surface area contributed by atoms with Crippen LogP contribution >= 0.6 is 11.3 Å². The van der Waals surface area contributed by atoms with E-state index in [0.717, 1.165) is 24.3 Å². The maximum Gasteiger partial charge on any atom is 0.122 e. The molecule has 1 unspecified atom stereocenters. The Bertz CT molecular complexity index is 496. The Morgan fingerprint density at radius 1 is 1.44 bits per heavy atom. The summed E-state index contributed by atoms with van der Waals surface area (Å²) in [7, 11) is 0. The van der Waals surface area contributed by atoms with Gasteiger partial charge in [0.25, 0.3) is 0 Å². The summed E-state index contributed by atoms with van der Waals surface area (Å²) in [5.74, 6) is 0.939. The molecule has 0 bridgehead atoms. The van der Waals surface area contributed by atoms with Crippen LogP contribution in [0.2, 0.25) is 0 Å². The minimum atomic E-state index is -0.628. The zero-order valence-electron chi connectivity index (χ0n) is 8.59. The van der Waals surface area contributed by atoms with Crippen molar-refractivity contribution in [3.8, 4) is 5.75 Å². The molecule has 1 aromatic carbocycles. The fourth-order valence-electron chi connectivity index (χ4n) is 1.90. The van der Waals surface area contributed by atoms with Gasteiger partial charge in [0.15, 0.2) is 0 Å². The highest BCUT2D eigenvalue weighted by atomic mass is 32.1. The van der Waals surface area contributed by atoms with Crippen molar-refractivity contribution in [3.63, 3.8) is 0 Å². The second-order valence-electron chi connectivity index (χ2n) is 3.78. The third-order valence-electron chi connectivity index (χ3n) is 2.76. The van der Waals surface area contributed by atoms with E-state index < -0.39 is 6.10 Å². The largest absolute Gasteiger partial charge is 0.493 e. The van der Waals surface area contributed by atoms with E-state index >= 15 is 0 Å². The Labute approximate surface area is 97.3 Å². The monoisotopic (exact) mass is 233 g/mol. The fraction of sp³-hybridized carbons (Fsp3) is 0.250. The Kier molecular flexibility index (Phi) is 2.38. The Hall–Kier alpha value is -1.39. The first-order valence-corrected chi connectivity index (χ1v) is 6.10. The molecule has 0 saturated heterocycles. The smallest absolute Gasteiger partial charge is 0.122 e. The van der Waals surface area contributed by atoms with Gasteiger partial charge in [-0.15, -0.1) is 11.3 Å². The average Bonchev–Trinajstić information content (AvgIpc) is 2.98. The highest BCUT2D eigenvalue weighted by Gasteiger charge is 2.17. The van der Waals surface area contributed by atoms with Crippen molar-refractivity contribution < 1.29 is 9.84 Å². The van der Waals surface area contributed by atoms with E-state index in [4.69, 9.17) is 4.74 Å². The predicted octanol–water partition coefficient (Wildman–Crippen LogP) is 2.16. The van der Waals surface area contributed by atoms with E-state index in [-0.39, 0.29) is 0 Å². The molecule has 1 atom stereocenters. The molecule has 0 spiro atoms. The van der Waals surface area contributed by atoms with Crippen LogP contribution in [0, 0.1) is 0 Å². The van der Waals surface area contributed by atoms with Gasteiger partial charge in [0.05, 0.1) is 17.8 Å². The predicted molar refractivity (Wildman–Crippen MR) is 61.8 cm³/mol. The molecule has 0 amide bonds. The molecule has 0 saturated carbocycles. The van der Waals surface area contributed by atoms with E-state index in [9.17, 15) is 5.11 Å². The van der Waals surface area contributed by atoms with Crippen molar-refractivity contribution in [1.29, 1.82) is 0 Å². The molecule has 2 heterocycles. The average molecular weight is 233 g/mol. The normalized spacial score (nSPS) is 15.6. The van der Waals surface area contributed by atoms with Crippen LogP contribution in [0.5, 0.6) is 5.75 Å². The number of rotatable bonds is 2. The van der Waals surface area contributed by atoms with E-state index in [1.807, 2.05) is 23.6 Å². The number of aliphatic hydroxyl groups excluding tert-OH is 1. The molecule has 16 heavy (non-hydrogen) atoms. The Balaban J connectivity index is 1.95.